The second kappa shape index (κ2) is 12.0. The molecule has 0 bridgehead atoms. The van der Waals surface area contributed by atoms with Crippen molar-refractivity contribution >= 4 is 17.7 Å². The van der Waals surface area contributed by atoms with Crippen molar-refractivity contribution in [2.45, 2.75) is 25.9 Å². The van der Waals surface area contributed by atoms with E-state index in [9.17, 15) is 14.0 Å². The van der Waals surface area contributed by atoms with Gasteiger partial charge in [0.1, 0.15) is 24.7 Å². The van der Waals surface area contributed by atoms with Gasteiger partial charge in [0.05, 0.1) is 6.61 Å². The number of carbonyl (C=O) groups is 2. The van der Waals surface area contributed by atoms with Gasteiger partial charge in [0.2, 0.25) is 0 Å². The Balaban J connectivity index is 1.28. The standard InChI is InChI=1S/C26H27FN6O4/c27-24-19(16-36-23(34)12-22(28)29)2-1-3-21(24)20-13-31-26(32-14-20)37-15-17-6-10-33(11-7-17)25(35)18-4-8-30-9-5-18/h1-5,8-9,13-14,17H,6-7,10-12,15-16H2,(H3,28,29). The minimum Gasteiger partial charge on any atom is -0.463 e. The predicted molar refractivity (Wildman–Crippen MR) is 132 cm³/mol. The lowest BCUT2D eigenvalue weighted by Gasteiger charge is -2.31. The van der Waals surface area contributed by atoms with Crippen LogP contribution in [0.15, 0.2) is 55.1 Å². The zero-order chi connectivity index (χ0) is 26.2. The molecule has 0 radical (unpaired) electrons. The third-order valence-electron chi connectivity index (χ3n) is 6.02. The van der Waals surface area contributed by atoms with Crippen LogP contribution >= 0.6 is 0 Å². The molecule has 0 unspecified atom stereocenters. The monoisotopic (exact) mass is 506 g/mol. The Bertz CT molecular complexity index is 1250. The van der Waals surface area contributed by atoms with Gasteiger partial charge in [0.25, 0.3) is 5.91 Å². The summed E-state index contributed by atoms with van der Waals surface area (Å²) in [5.74, 6) is -1.30. The van der Waals surface area contributed by atoms with E-state index in [-0.39, 0.29) is 47.8 Å². The largest absolute Gasteiger partial charge is 0.463 e. The Labute approximate surface area is 213 Å². The van der Waals surface area contributed by atoms with Crippen molar-refractivity contribution in [3.63, 3.8) is 0 Å². The van der Waals surface area contributed by atoms with Crippen LogP contribution in [0.5, 0.6) is 6.01 Å². The van der Waals surface area contributed by atoms with Gasteiger partial charge in [-0.2, -0.15) is 0 Å². The Kier molecular flexibility index (Phi) is 8.34. The van der Waals surface area contributed by atoms with Crippen LogP contribution < -0.4 is 10.5 Å². The van der Waals surface area contributed by atoms with Gasteiger partial charge >= 0.3 is 12.0 Å². The lowest BCUT2D eigenvalue weighted by Crippen LogP contribution is -2.39. The topological polar surface area (TPSA) is 144 Å². The molecule has 1 saturated heterocycles. The molecule has 4 rings (SSSR count). The lowest BCUT2D eigenvalue weighted by atomic mass is 9.97. The van der Waals surface area contributed by atoms with Crippen molar-refractivity contribution in [1.29, 1.82) is 5.41 Å². The molecule has 37 heavy (non-hydrogen) atoms. The number of carbonyl (C=O) groups excluding carboxylic acids is 2. The van der Waals surface area contributed by atoms with E-state index in [4.69, 9.17) is 20.6 Å². The van der Waals surface area contributed by atoms with Crippen LogP contribution in [-0.2, 0) is 16.1 Å². The number of pyridine rings is 1. The number of hydrogen-bond donors (Lipinski definition) is 2. The highest BCUT2D eigenvalue weighted by Crippen LogP contribution is 2.26. The first-order valence-corrected chi connectivity index (χ1v) is 11.8. The Hall–Kier alpha value is -4.41. The van der Waals surface area contributed by atoms with E-state index in [0.29, 0.717) is 30.8 Å². The summed E-state index contributed by atoms with van der Waals surface area (Å²) in [4.78, 5) is 38.4. The normalized spacial score (nSPS) is 13.7. The molecule has 1 aliphatic rings. The van der Waals surface area contributed by atoms with Gasteiger partial charge in [-0.1, -0.05) is 18.2 Å². The summed E-state index contributed by atoms with van der Waals surface area (Å²) in [6.45, 7) is 1.44. The minimum atomic E-state index is -0.701. The van der Waals surface area contributed by atoms with Crippen LogP contribution in [0.3, 0.4) is 0 Å². The van der Waals surface area contributed by atoms with E-state index in [0.717, 1.165) is 12.8 Å². The Morgan fingerprint density at radius 2 is 1.81 bits per heavy atom. The maximum atomic E-state index is 15.0. The highest BCUT2D eigenvalue weighted by atomic mass is 19.1. The quantitative estimate of drug-likeness (QED) is 0.256. The summed E-state index contributed by atoms with van der Waals surface area (Å²) in [6.07, 6.45) is 7.44. The highest BCUT2D eigenvalue weighted by Gasteiger charge is 2.24. The van der Waals surface area contributed by atoms with Gasteiger partial charge in [0, 0.05) is 60.1 Å². The second-order valence-electron chi connectivity index (χ2n) is 8.68. The molecule has 1 aliphatic heterocycles. The molecule has 192 valence electrons. The second-order valence-corrected chi connectivity index (χ2v) is 8.68. The number of esters is 1. The zero-order valence-electron chi connectivity index (χ0n) is 20.1. The molecule has 3 aromatic rings. The summed E-state index contributed by atoms with van der Waals surface area (Å²) >= 11 is 0. The summed E-state index contributed by atoms with van der Waals surface area (Å²) in [5.41, 5.74) is 6.70. The molecular formula is C26H27FN6O4. The van der Waals surface area contributed by atoms with Crippen LogP contribution in [0.2, 0.25) is 0 Å². The maximum Gasteiger partial charge on any atom is 0.316 e. The van der Waals surface area contributed by atoms with E-state index in [1.807, 2.05) is 4.90 Å². The molecule has 3 heterocycles. The smallest absolute Gasteiger partial charge is 0.316 e. The van der Waals surface area contributed by atoms with E-state index >= 15 is 0 Å². The summed E-state index contributed by atoms with van der Waals surface area (Å²) < 4.78 is 25.7. The number of nitrogens with one attached hydrogen (secondary N) is 1. The average Bonchev–Trinajstić information content (AvgIpc) is 2.92. The molecule has 3 N–H and O–H groups in total. The first-order valence-electron chi connectivity index (χ1n) is 11.8. The van der Waals surface area contributed by atoms with Gasteiger partial charge < -0.3 is 20.1 Å². The fraction of sp³-hybridized carbons (Fsp3) is 0.308. The zero-order valence-corrected chi connectivity index (χ0v) is 20.1. The van der Waals surface area contributed by atoms with Crippen LogP contribution in [0.1, 0.15) is 35.2 Å². The fourth-order valence-corrected chi connectivity index (χ4v) is 3.98. The molecule has 11 heteroatoms. The van der Waals surface area contributed by atoms with Crippen molar-refractivity contribution in [3.8, 4) is 17.1 Å². The SMILES string of the molecule is N=C(N)CC(=O)OCc1cccc(-c2cnc(OCC3CCN(C(=O)c4ccncc4)CC3)nc2)c1F. The van der Waals surface area contributed by atoms with Gasteiger partial charge in [0.15, 0.2) is 0 Å². The summed E-state index contributed by atoms with van der Waals surface area (Å²) in [6, 6.07) is 8.35. The molecule has 10 nitrogen and oxygen atoms in total. The number of halogens is 1. The molecule has 1 fully saturated rings. The van der Waals surface area contributed by atoms with Gasteiger partial charge in [-0.05, 0) is 30.9 Å². The van der Waals surface area contributed by atoms with Crippen LogP contribution in [0, 0.1) is 17.1 Å². The van der Waals surface area contributed by atoms with Crippen molar-refractivity contribution in [3.05, 3.63) is 72.1 Å². The third-order valence-corrected chi connectivity index (χ3v) is 6.02. The number of amides is 1. The van der Waals surface area contributed by atoms with Crippen LogP contribution in [0.25, 0.3) is 11.1 Å². The number of rotatable bonds is 9. The number of likely N-dealkylation sites (tertiary alicyclic amines) is 1. The molecule has 2 aromatic heterocycles. The number of aromatic nitrogens is 3. The van der Waals surface area contributed by atoms with Gasteiger partial charge in [-0.15, -0.1) is 0 Å². The number of nitrogens with zero attached hydrogens (tertiary/aromatic N) is 4. The molecule has 1 amide bonds. The number of ether oxygens (including phenoxy) is 2. The first-order chi connectivity index (χ1) is 17.9. The van der Waals surface area contributed by atoms with E-state index in [1.54, 1.807) is 36.7 Å². The van der Waals surface area contributed by atoms with Gasteiger partial charge in [-0.3, -0.25) is 20.0 Å². The van der Waals surface area contributed by atoms with Crippen molar-refractivity contribution in [2.24, 2.45) is 11.7 Å². The third kappa shape index (κ3) is 6.84. The Morgan fingerprint density at radius 3 is 2.49 bits per heavy atom. The first kappa shape index (κ1) is 25.7. The number of hydrogen-bond acceptors (Lipinski definition) is 8. The molecule has 0 aliphatic carbocycles. The summed E-state index contributed by atoms with van der Waals surface area (Å²) in [5, 5.41) is 7.12. The van der Waals surface area contributed by atoms with Crippen LogP contribution in [0.4, 0.5) is 4.39 Å². The molecular weight excluding hydrogens is 479 g/mol. The molecule has 0 saturated carbocycles. The fourth-order valence-electron chi connectivity index (χ4n) is 3.98. The minimum absolute atomic E-state index is 0.00575. The average molecular weight is 507 g/mol. The molecule has 1 aromatic carbocycles. The summed E-state index contributed by atoms with van der Waals surface area (Å²) in [7, 11) is 0. The maximum absolute atomic E-state index is 15.0. The van der Waals surface area contributed by atoms with E-state index < -0.39 is 11.8 Å². The lowest BCUT2D eigenvalue weighted by molar-refractivity contribution is -0.143. The predicted octanol–water partition coefficient (Wildman–Crippen LogP) is 2.98. The number of nitrogens with two attached hydrogens (primary N) is 1. The highest BCUT2D eigenvalue weighted by molar-refractivity contribution is 5.95. The Morgan fingerprint density at radius 1 is 1.11 bits per heavy atom. The van der Waals surface area contributed by atoms with Crippen LogP contribution in [-0.4, -0.2) is 57.3 Å². The van der Waals surface area contributed by atoms with Gasteiger partial charge in [-0.25, -0.2) is 14.4 Å². The number of amidine groups is 1. The molecule has 0 spiro atoms. The number of benzene rings is 1. The van der Waals surface area contributed by atoms with E-state index in [2.05, 4.69) is 15.0 Å². The van der Waals surface area contributed by atoms with Crippen molar-refractivity contribution in [1.82, 2.24) is 19.9 Å². The molecule has 0 atom stereocenters. The van der Waals surface area contributed by atoms with E-state index in [1.165, 1.54) is 18.5 Å². The van der Waals surface area contributed by atoms with Crippen molar-refractivity contribution in [2.75, 3.05) is 19.7 Å². The number of piperidine rings is 1. The van der Waals surface area contributed by atoms with Crippen molar-refractivity contribution < 1.29 is 23.5 Å².